The van der Waals surface area contributed by atoms with Gasteiger partial charge in [-0.3, -0.25) is 4.79 Å². The van der Waals surface area contributed by atoms with Gasteiger partial charge in [-0.15, -0.1) is 11.3 Å². The first kappa shape index (κ1) is 19.1. The van der Waals surface area contributed by atoms with E-state index in [0.29, 0.717) is 18.1 Å². The van der Waals surface area contributed by atoms with Gasteiger partial charge in [0, 0.05) is 7.05 Å². The molecule has 3 rings (SSSR count). The van der Waals surface area contributed by atoms with Gasteiger partial charge in [-0.05, 0) is 43.3 Å². The lowest BCUT2D eigenvalue weighted by atomic mass is 10.1. The van der Waals surface area contributed by atoms with E-state index >= 15 is 0 Å². The normalized spacial score (nSPS) is 12.0. The molecule has 7 heteroatoms. The van der Waals surface area contributed by atoms with Crippen molar-refractivity contribution >= 4 is 17.2 Å². The number of likely N-dealkylation sites (N-methyl/N-ethyl adjacent to an activating group) is 1. The number of benzene rings is 1. The van der Waals surface area contributed by atoms with Crippen molar-refractivity contribution in [3.8, 4) is 16.5 Å². The fourth-order valence-electron chi connectivity index (χ4n) is 2.74. The monoisotopic (exact) mass is 385 g/mol. The number of amides is 1. The SMILES string of the molecule is CC[C@@H](Oc1ccc(C)cc1C)C(=O)N(C)Cc1nc(-c2cccs2)no1. The van der Waals surface area contributed by atoms with Gasteiger partial charge >= 0.3 is 0 Å². The topological polar surface area (TPSA) is 68.5 Å². The van der Waals surface area contributed by atoms with Crippen LogP contribution in [0.4, 0.5) is 0 Å². The van der Waals surface area contributed by atoms with E-state index < -0.39 is 6.10 Å². The minimum atomic E-state index is -0.559. The minimum absolute atomic E-state index is 0.117. The Morgan fingerprint density at radius 2 is 2.15 bits per heavy atom. The molecule has 1 atom stereocenters. The molecule has 3 aromatic rings. The Kier molecular flexibility index (Phi) is 5.91. The van der Waals surface area contributed by atoms with Crippen LogP contribution in [0.3, 0.4) is 0 Å². The van der Waals surface area contributed by atoms with Gasteiger partial charge in [-0.25, -0.2) is 0 Å². The number of rotatable bonds is 7. The molecule has 0 saturated heterocycles. The van der Waals surface area contributed by atoms with E-state index in [9.17, 15) is 4.79 Å². The van der Waals surface area contributed by atoms with Gasteiger partial charge in [-0.1, -0.05) is 35.8 Å². The van der Waals surface area contributed by atoms with Crippen LogP contribution in [0.5, 0.6) is 5.75 Å². The molecule has 2 aromatic heterocycles. The van der Waals surface area contributed by atoms with Crippen molar-refractivity contribution in [2.75, 3.05) is 7.05 Å². The third-order valence-electron chi connectivity index (χ3n) is 4.20. The van der Waals surface area contributed by atoms with Crippen molar-refractivity contribution < 1.29 is 14.1 Å². The second-order valence-corrected chi connectivity index (χ2v) is 7.41. The molecule has 27 heavy (non-hydrogen) atoms. The highest BCUT2D eigenvalue weighted by molar-refractivity contribution is 7.13. The van der Waals surface area contributed by atoms with E-state index in [1.54, 1.807) is 23.3 Å². The summed E-state index contributed by atoms with van der Waals surface area (Å²) in [5, 5.41) is 5.93. The Hall–Kier alpha value is -2.67. The maximum atomic E-state index is 12.8. The minimum Gasteiger partial charge on any atom is -0.480 e. The summed E-state index contributed by atoms with van der Waals surface area (Å²) in [7, 11) is 1.71. The van der Waals surface area contributed by atoms with Gasteiger partial charge in [0.25, 0.3) is 5.91 Å². The fourth-order valence-corrected chi connectivity index (χ4v) is 3.39. The van der Waals surface area contributed by atoms with E-state index in [1.165, 1.54) is 0 Å². The molecule has 6 nitrogen and oxygen atoms in total. The van der Waals surface area contributed by atoms with E-state index in [0.717, 1.165) is 21.8 Å². The van der Waals surface area contributed by atoms with E-state index in [4.69, 9.17) is 9.26 Å². The van der Waals surface area contributed by atoms with Crippen LogP contribution in [0.1, 0.15) is 30.4 Å². The average molecular weight is 385 g/mol. The second-order valence-electron chi connectivity index (χ2n) is 6.47. The van der Waals surface area contributed by atoms with Crippen LogP contribution in [-0.4, -0.2) is 34.1 Å². The van der Waals surface area contributed by atoms with Crippen molar-refractivity contribution in [2.24, 2.45) is 0 Å². The highest BCUT2D eigenvalue weighted by Crippen LogP contribution is 2.23. The van der Waals surface area contributed by atoms with Crippen molar-refractivity contribution in [2.45, 2.75) is 39.8 Å². The van der Waals surface area contributed by atoms with Gasteiger partial charge in [0.2, 0.25) is 11.7 Å². The molecule has 0 aliphatic carbocycles. The lowest BCUT2D eigenvalue weighted by Gasteiger charge is -2.23. The number of thiophene rings is 1. The summed E-state index contributed by atoms with van der Waals surface area (Å²) in [5.74, 6) is 1.55. The number of hydrogen-bond donors (Lipinski definition) is 0. The molecule has 0 saturated carbocycles. The molecule has 2 heterocycles. The van der Waals surface area contributed by atoms with Crippen molar-refractivity contribution in [1.29, 1.82) is 0 Å². The Bertz CT molecular complexity index is 905. The zero-order valence-corrected chi connectivity index (χ0v) is 16.7. The van der Waals surface area contributed by atoms with Gasteiger partial charge in [-0.2, -0.15) is 4.98 Å². The number of aromatic nitrogens is 2. The Balaban J connectivity index is 1.66. The molecule has 1 amide bonds. The Morgan fingerprint density at radius 3 is 2.81 bits per heavy atom. The smallest absolute Gasteiger partial charge is 0.263 e. The van der Waals surface area contributed by atoms with Gasteiger partial charge in [0.15, 0.2) is 6.10 Å². The Labute approximate surface area is 162 Å². The van der Waals surface area contributed by atoms with Gasteiger partial charge in [0.1, 0.15) is 5.75 Å². The van der Waals surface area contributed by atoms with E-state index in [-0.39, 0.29) is 12.5 Å². The number of nitrogens with zero attached hydrogens (tertiary/aromatic N) is 3. The molecule has 0 radical (unpaired) electrons. The number of aryl methyl sites for hydroxylation is 2. The summed E-state index contributed by atoms with van der Waals surface area (Å²) in [6, 6.07) is 9.79. The van der Waals surface area contributed by atoms with Crippen molar-refractivity contribution in [3.05, 3.63) is 52.7 Å². The van der Waals surface area contributed by atoms with Crippen LogP contribution in [0.25, 0.3) is 10.7 Å². The molecule has 0 fully saturated rings. The maximum Gasteiger partial charge on any atom is 0.263 e. The van der Waals surface area contributed by atoms with Gasteiger partial charge in [0.05, 0.1) is 11.4 Å². The molecule has 0 bridgehead atoms. The highest BCUT2D eigenvalue weighted by Gasteiger charge is 2.24. The van der Waals surface area contributed by atoms with Gasteiger partial charge < -0.3 is 14.2 Å². The third kappa shape index (κ3) is 4.54. The Morgan fingerprint density at radius 1 is 1.33 bits per heavy atom. The first-order valence-electron chi connectivity index (χ1n) is 8.83. The number of ether oxygens (including phenoxy) is 1. The summed E-state index contributed by atoms with van der Waals surface area (Å²) >= 11 is 1.54. The van der Waals surface area contributed by atoms with Crippen LogP contribution in [0.15, 0.2) is 40.2 Å². The third-order valence-corrected chi connectivity index (χ3v) is 5.07. The first-order chi connectivity index (χ1) is 13.0. The first-order valence-corrected chi connectivity index (χ1v) is 9.71. The quantitative estimate of drug-likeness (QED) is 0.609. The van der Waals surface area contributed by atoms with Crippen LogP contribution < -0.4 is 4.74 Å². The molecule has 142 valence electrons. The lowest BCUT2D eigenvalue weighted by molar-refractivity contribution is -0.138. The molecule has 0 aliphatic rings. The molecule has 0 spiro atoms. The summed E-state index contributed by atoms with van der Waals surface area (Å²) in [6.07, 6.45) is 0.0110. The zero-order valence-electron chi connectivity index (χ0n) is 15.9. The van der Waals surface area contributed by atoms with Crippen LogP contribution in [-0.2, 0) is 11.3 Å². The predicted octanol–water partition coefficient (Wildman–Crippen LogP) is 4.23. The molecule has 0 aliphatic heterocycles. The second kappa shape index (κ2) is 8.35. The zero-order chi connectivity index (χ0) is 19.4. The summed E-state index contributed by atoms with van der Waals surface area (Å²) in [6.45, 7) is 6.18. The molecule has 1 aromatic carbocycles. The average Bonchev–Trinajstić information content (AvgIpc) is 3.32. The number of hydrogen-bond acceptors (Lipinski definition) is 6. The molecule has 0 N–H and O–H groups in total. The standard InChI is InChI=1S/C20H23N3O3S/c1-5-15(25-16-9-8-13(2)11-14(16)3)20(24)23(4)12-18-21-19(22-26-18)17-7-6-10-27-17/h6-11,15H,5,12H2,1-4H3/t15-/m1/s1. The van der Waals surface area contributed by atoms with E-state index in [1.807, 2.05) is 56.5 Å². The summed E-state index contributed by atoms with van der Waals surface area (Å²) in [4.78, 5) is 19.7. The molecular formula is C20H23N3O3S. The van der Waals surface area contributed by atoms with Crippen LogP contribution >= 0.6 is 11.3 Å². The fraction of sp³-hybridized carbons (Fsp3) is 0.350. The highest BCUT2D eigenvalue weighted by atomic mass is 32.1. The van der Waals surface area contributed by atoms with Crippen LogP contribution in [0, 0.1) is 13.8 Å². The number of carbonyl (C=O) groups excluding carboxylic acids is 1. The molecule has 0 unspecified atom stereocenters. The summed E-state index contributed by atoms with van der Waals surface area (Å²) in [5.41, 5.74) is 2.18. The number of carbonyl (C=O) groups is 1. The van der Waals surface area contributed by atoms with Crippen molar-refractivity contribution in [1.82, 2.24) is 15.0 Å². The van der Waals surface area contributed by atoms with Crippen LogP contribution in [0.2, 0.25) is 0 Å². The largest absolute Gasteiger partial charge is 0.480 e. The lowest BCUT2D eigenvalue weighted by Crippen LogP contribution is -2.39. The van der Waals surface area contributed by atoms with E-state index in [2.05, 4.69) is 10.1 Å². The van der Waals surface area contributed by atoms with Crippen molar-refractivity contribution in [3.63, 3.8) is 0 Å². The maximum absolute atomic E-state index is 12.8. The predicted molar refractivity (Wildman–Crippen MR) is 105 cm³/mol. The summed E-state index contributed by atoms with van der Waals surface area (Å²) < 4.78 is 11.3. The molecular weight excluding hydrogens is 362 g/mol.